The largest absolute Gasteiger partial charge is 0.420 e. The van der Waals surface area contributed by atoms with E-state index in [0.717, 1.165) is 56.9 Å². The van der Waals surface area contributed by atoms with Crippen LogP contribution in [0.2, 0.25) is 0 Å². The second-order valence-electron chi connectivity index (χ2n) is 17.2. The van der Waals surface area contributed by atoms with Gasteiger partial charge in [-0.05, 0) is 118 Å². The van der Waals surface area contributed by atoms with Crippen LogP contribution >= 0.6 is 0 Å². The first-order valence-corrected chi connectivity index (χ1v) is 22.5. The zero-order valence-corrected chi connectivity index (χ0v) is 36.8. The highest BCUT2D eigenvalue weighted by molar-refractivity contribution is 6.12. The summed E-state index contributed by atoms with van der Waals surface area (Å²) < 4.78 is 96.1. The number of pyridine rings is 2. The third-order valence-electron chi connectivity index (χ3n) is 13.1. The van der Waals surface area contributed by atoms with Gasteiger partial charge < -0.3 is 9.13 Å². The Kier molecular flexibility index (Phi) is 10.0. The topological polar surface area (TPSA) is 35.6 Å². The number of hydrogen-bond acceptors (Lipinski definition) is 2. The Morgan fingerprint density at radius 3 is 1.19 bits per heavy atom. The van der Waals surface area contributed by atoms with Crippen LogP contribution in [0.1, 0.15) is 11.1 Å². The van der Waals surface area contributed by atoms with Crippen LogP contribution in [0.3, 0.4) is 0 Å². The Morgan fingerprint density at radius 2 is 0.714 bits per heavy atom. The molecule has 0 unspecified atom stereocenters. The van der Waals surface area contributed by atoms with Crippen molar-refractivity contribution in [2.45, 2.75) is 12.4 Å². The van der Waals surface area contributed by atoms with Gasteiger partial charge in [0, 0.05) is 45.1 Å². The van der Waals surface area contributed by atoms with E-state index < -0.39 is 23.5 Å². The van der Waals surface area contributed by atoms with Crippen LogP contribution < -0.4 is 0 Å². The number of nitrogens with zero attached hydrogens (tertiary/aromatic N) is 4. The zero-order valence-electron chi connectivity index (χ0n) is 36.8. The number of benzene rings is 8. The lowest BCUT2D eigenvalue weighted by Gasteiger charge is -2.23. The van der Waals surface area contributed by atoms with Crippen LogP contribution in [0, 0.1) is 0 Å². The van der Waals surface area contributed by atoms with E-state index in [0.29, 0.717) is 43.6 Å². The van der Waals surface area contributed by atoms with E-state index in [1.165, 1.54) is 24.3 Å². The molecule has 4 aromatic heterocycles. The number of para-hydroxylation sites is 2. The maximum absolute atomic E-state index is 16.6. The molecule has 8 aromatic carbocycles. The van der Waals surface area contributed by atoms with Crippen LogP contribution in [-0.4, -0.2) is 19.1 Å². The van der Waals surface area contributed by atoms with Gasteiger partial charge in [0.05, 0.1) is 50.4 Å². The summed E-state index contributed by atoms with van der Waals surface area (Å²) in [5, 5.41) is 2.79. The predicted molar refractivity (Wildman–Crippen MR) is 268 cm³/mol. The molecule has 0 radical (unpaired) electrons. The lowest BCUT2D eigenvalue weighted by atomic mass is 9.97. The predicted octanol–water partition coefficient (Wildman–Crippen LogP) is 17.0. The summed E-state index contributed by atoms with van der Waals surface area (Å²) in [6.45, 7) is 0. The Morgan fingerprint density at radius 1 is 0.300 bits per heavy atom. The van der Waals surface area contributed by atoms with Gasteiger partial charge in [-0.15, -0.1) is 0 Å². The summed E-state index contributed by atoms with van der Waals surface area (Å²) in [7, 11) is 0. The monoisotopic (exact) mass is 926 g/mol. The molecule has 0 saturated heterocycles. The minimum Gasteiger partial charge on any atom is -0.309 e. The summed E-state index contributed by atoms with van der Waals surface area (Å²) in [5.41, 5.74) is 6.70. The molecule has 0 amide bonds. The minimum absolute atomic E-state index is 0.107. The van der Waals surface area contributed by atoms with Crippen molar-refractivity contribution in [1.29, 1.82) is 0 Å². The van der Waals surface area contributed by atoms with Gasteiger partial charge in [-0.3, -0.25) is 9.97 Å². The number of rotatable bonds is 7. The third-order valence-corrected chi connectivity index (χ3v) is 13.1. The lowest BCUT2D eigenvalue weighted by Crippen LogP contribution is -2.16. The molecule has 0 fully saturated rings. The maximum atomic E-state index is 16.6. The molecule has 12 aromatic rings. The molecule has 70 heavy (non-hydrogen) atoms. The lowest BCUT2D eigenvalue weighted by molar-refractivity contribution is -0.138. The van der Waals surface area contributed by atoms with Crippen LogP contribution in [0.15, 0.2) is 219 Å². The van der Waals surface area contributed by atoms with Crippen LogP contribution in [-0.2, 0) is 12.4 Å². The standard InChI is InChI=1S/C60H36F6N4/c61-59(62,63)45-17-11-16-39(30-45)44-35-56(69-52-20-9-7-18-46(52)48-31-40(22-24-54(48)69)42-26-28-67-50(33-42)37-12-3-1-4-13-37)58(60(64,65)66)57(36-44)70-53-21-10-8-19-47(53)49-32-41(23-25-55(49)70)43-27-29-68-51(34-43)38-14-5-2-6-15-38/h1-36H. The molecule has 4 heterocycles. The van der Waals surface area contributed by atoms with Gasteiger partial charge in [-0.1, -0.05) is 121 Å². The van der Waals surface area contributed by atoms with Crippen LogP contribution in [0.25, 0.3) is 111 Å². The Labute approximate surface area is 397 Å². The van der Waals surface area contributed by atoms with Crippen LogP contribution in [0.5, 0.6) is 0 Å². The molecule has 0 atom stereocenters. The van der Waals surface area contributed by atoms with Gasteiger partial charge in [-0.25, -0.2) is 0 Å². The van der Waals surface area contributed by atoms with Crippen molar-refractivity contribution in [1.82, 2.24) is 19.1 Å². The number of alkyl halides is 6. The van der Waals surface area contributed by atoms with E-state index in [4.69, 9.17) is 0 Å². The maximum Gasteiger partial charge on any atom is 0.420 e. The average Bonchev–Trinajstić information content (AvgIpc) is 3.90. The van der Waals surface area contributed by atoms with E-state index >= 15 is 13.2 Å². The molecule has 4 nitrogen and oxygen atoms in total. The van der Waals surface area contributed by atoms with Gasteiger partial charge in [0.15, 0.2) is 0 Å². The summed E-state index contributed by atoms with van der Waals surface area (Å²) in [6, 6.07) is 60.6. The second-order valence-corrected chi connectivity index (χ2v) is 17.2. The minimum atomic E-state index is -4.97. The van der Waals surface area contributed by atoms with E-state index in [-0.39, 0.29) is 22.5 Å². The first-order chi connectivity index (χ1) is 34.0. The zero-order chi connectivity index (χ0) is 47.7. The van der Waals surface area contributed by atoms with E-state index in [1.807, 2.05) is 146 Å². The van der Waals surface area contributed by atoms with Crippen molar-refractivity contribution in [3.63, 3.8) is 0 Å². The SMILES string of the molecule is FC(F)(F)c1cccc(-c2cc(-n3c4ccccc4c4cc(-c5ccnc(-c6ccccc6)c5)ccc43)c(C(F)(F)F)c(-n3c4ccccc4c4cc(-c5ccnc(-c6ccccc6)c5)ccc43)c2)c1. The second kappa shape index (κ2) is 16.5. The van der Waals surface area contributed by atoms with E-state index in [1.54, 1.807) is 45.8 Å². The molecular weight excluding hydrogens is 891 g/mol. The average molecular weight is 927 g/mol. The molecule has 0 spiro atoms. The Balaban J connectivity index is 1.13. The number of hydrogen-bond donors (Lipinski definition) is 0. The highest BCUT2D eigenvalue weighted by atomic mass is 19.4. The smallest absolute Gasteiger partial charge is 0.309 e. The van der Waals surface area contributed by atoms with Gasteiger partial charge in [-0.2, -0.15) is 26.3 Å². The summed E-state index contributed by atoms with van der Waals surface area (Å²) in [4.78, 5) is 9.19. The molecule has 0 bridgehead atoms. The highest BCUT2D eigenvalue weighted by Gasteiger charge is 2.40. The van der Waals surface area contributed by atoms with Gasteiger partial charge >= 0.3 is 12.4 Å². The van der Waals surface area contributed by atoms with Crippen molar-refractivity contribution < 1.29 is 26.3 Å². The third kappa shape index (κ3) is 7.36. The van der Waals surface area contributed by atoms with E-state index in [2.05, 4.69) is 9.97 Å². The summed E-state index contributed by atoms with van der Waals surface area (Å²) in [6.07, 6.45) is -6.20. The van der Waals surface area contributed by atoms with Crippen molar-refractivity contribution in [2.75, 3.05) is 0 Å². The van der Waals surface area contributed by atoms with Gasteiger partial charge in [0.1, 0.15) is 5.56 Å². The number of fused-ring (bicyclic) bond motifs is 6. The molecule has 0 saturated carbocycles. The first kappa shape index (κ1) is 42.6. The van der Waals surface area contributed by atoms with Crippen molar-refractivity contribution >= 4 is 43.6 Å². The highest BCUT2D eigenvalue weighted by Crippen LogP contribution is 2.47. The molecule has 0 aliphatic heterocycles. The molecule has 0 N–H and O–H groups in total. The van der Waals surface area contributed by atoms with Gasteiger partial charge in [0.25, 0.3) is 0 Å². The Bertz CT molecular complexity index is 3760. The van der Waals surface area contributed by atoms with Crippen molar-refractivity contribution in [3.05, 3.63) is 230 Å². The molecule has 12 rings (SSSR count). The number of halogens is 6. The van der Waals surface area contributed by atoms with Crippen molar-refractivity contribution in [3.8, 4) is 67.3 Å². The fraction of sp³-hybridized carbons (Fsp3) is 0.0333. The van der Waals surface area contributed by atoms with E-state index in [9.17, 15) is 13.2 Å². The summed E-state index contributed by atoms with van der Waals surface area (Å²) >= 11 is 0. The quantitative estimate of drug-likeness (QED) is 0.149. The fourth-order valence-corrected chi connectivity index (χ4v) is 9.87. The first-order valence-electron chi connectivity index (χ1n) is 22.5. The number of aromatic nitrogens is 4. The fourth-order valence-electron chi connectivity index (χ4n) is 9.87. The molecule has 338 valence electrons. The van der Waals surface area contributed by atoms with Crippen LogP contribution in [0.4, 0.5) is 26.3 Å². The van der Waals surface area contributed by atoms with Gasteiger partial charge in [0.2, 0.25) is 0 Å². The molecule has 0 aliphatic carbocycles. The summed E-state index contributed by atoms with van der Waals surface area (Å²) in [5.74, 6) is 0. The molecule has 10 heteroatoms. The Hall–Kier alpha value is -8.76. The molecule has 0 aliphatic rings. The molecular formula is C60H36F6N4. The normalized spacial score (nSPS) is 12.1. The van der Waals surface area contributed by atoms with Crippen molar-refractivity contribution in [2.24, 2.45) is 0 Å².